The maximum absolute atomic E-state index is 6.20. The van der Waals surface area contributed by atoms with E-state index in [1.807, 2.05) is 0 Å². The molecule has 2 N–H and O–H groups in total. The Morgan fingerprint density at radius 1 is 1.30 bits per heavy atom. The smallest absolute Gasteiger partial charge is 0.243 e. The molecule has 0 aliphatic carbocycles. The Kier molecular flexibility index (Phi) is 5.38. The van der Waals surface area contributed by atoms with Gasteiger partial charge in [0.05, 0.1) is 11.1 Å². The van der Waals surface area contributed by atoms with Gasteiger partial charge in [0.1, 0.15) is 5.75 Å². The summed E-state index contributed by atoms with van der Waals surface area (Å²) in [5.74, 6) is 1.66. The van der Waals surface area contributed by atoms with Gasteiger partial charge in [0.2, 0.25) is 11.7 Å². The third kappa shape index (κ3) is 4.14. The van der Waals surface area contributed by atoms with E-state index in [2.05, 4.69) is 10.1 Å². The molecule has 1 fully saturated rings. The van der Waals surface area contributed by atoms with E-state index in [-0.39, 0.29) is 12.6 Å². The van der Waals surface area contributed by atoms with Crippen molar-refractivity contribution in [2.75, 3.05) is 13.2 Å². The summed E-state index contributed by atoms with van der Waals surface area (Å²) < 4.78 is 16.2. The van der Waals surface area contributed by atoms with E-state index in [1.165, 1.54) is 0 Å². The first kappa shape index (κ1) is 16.5. The van der Waals surface area contributed by atoms with E-state index in [0.29, 0.717) is 33.4 Å². The molecular formula is C15H17Cl2N3O3. The molecule has 1 saturated heterocycles. The first-order valence-corrected chi connectivity index (χ1v) is 8.12. The number of nitrogens with zero attached hydrogens (tertiary/aromatic N) is 2. The number of hydrogen-bond acceptors (Lipinski definition) is 6. The van der Waals surface area contributed by atoms with Crippen molar-refractivity contribution in [2.45, 2.75) is 25.5 Å². The minimum absolute atomic E-state index is 0.144. The van der Waals surface area contributed by atoms with Crippen LogP contribution < -0.4 is 10.5 Å². The molecule has 2 heterocycles. The number of hydrogen-bond donors (Lipinski definition) is 1. The summed E-state index contributed by atoms with van der Waals surface area (Å²) in [5.41, 5.74) is 6.20. The third-order valence-corrected chi connectivity index (χ3v) is 4.32. The highest BCUT2D eigenvalue weighted by Crippen LogP contribution is 2.29. The predicted molar refractivity (Wildman–Crippen MR) is 85.6 cm³/mol. The average molecular weight is 358 g/mol. The van der Waals surface area contributed by atoms with Crippen LogP contribution in [0.5, 0.6) is 5.75 Å². The molecule has 1 aliphatic heterocycles. The van der Waals surface area contributed by atoms with Crippen LogP contribution in [0.15, 0.2) is 22.7 Å². The molecule has 0 bridgehead atoms. The van der Waals surface area contributed by atoms with Crippen molar-refractivity contribution in [3.05, 3.63) is 40.0 Å². The van der Waals surface area contributed by atoms with Gasteiger partial charge in [-0.25, -0.2) is 0 Å². The Morgan fingerprint density at radius 2 is 2.09 bits per heavy atom. The van der Waals surface area contributed by atoms with Crippen molar-refractivity contribution in [3.8, 4) is 5.75 Å². The highest BCUT2D eigenvalue weighted by molar-refractivity contribution is 6.35. The highest BCUT2D eigenvalue weighted by atomic mass is 35.5. The second-order valence-corrected chi connectivity index (χ2v) is 6.23. The number of ether oxygens (including phenoxy) is 2. The van der Waals surface area contributed by atoms with Gasteiger partial charge in [-0.15, -0.1) is 0 Å². The van der Waals surface area contributed by atoms with Crippen LogP contribution in [0.25, 0.3) is 0 Å². The SMILES string of the molecule is N[C@@H](c1nc(COc2ccc(Cl)cc2Cl)no1)C1CCOCC1. The minimum atomic E-state index is -0.278. The molecule has 1 aliphatic rings. The van der Waals surface area contributed by atoms with Crippen LogP contribution in [0, 0.1) is 5.92 Å². The zero-order chi connectivity index (χ0) is 16.2. The summed E-state index contributed by atoms with van der Waals surface area (Å²) in [6.07, 6.45) is 1.80. The molecule has 0 amide bonds. The molecule has 6 nitrogen and oxygen atoms in total. The first-order valence-electron chi connectivity index (χ1n) is 7.37. The molecule has 0 saturated carbocycles. The Bertz CT molecular complexity index is 659. The average Bonchev–Trinajstić information content (AvgIpc) is 3.03. The largest absolute Gasteiger partial charge is 0.484 e. The van der Waals surface area contributed by atoms with Crippen molar-refractivity contribution in [2.24, 2.45) is 11.7 Å². The van der Waals surface area contributed by atoms with Crippen molar-refractivity contribution < 1.29 is 14.0 Å². The Labute approximate surface area is 143 Å². The topological polar surface area (TPSA) is 83.4 Å². The summed E-state index contributed by atoms with van der Waals surface area (Å²) in [5, 5.41) is 4.88. The fraction of sp³-hybridized carbons (Fsp3) is 0.467. The van der Waals surface area contributed by atoms with Crippen LogP contribution in [0.3, 0.4) is 0 Å². The molecule has 1 aromatic heterocycles. The molecule has 124 valence electrons. The van der Waals surface area contributed by atoms with E-state index in [1.54, 1.807) is 18.2 Å². The van der Waals surface area contributed by atoms with Crippen LogP contribution in [0.2, 0.25) is 10.0 Å². The lowest BCUT2D eigenvalue weighted by atomic mass is 9.92. The van der Waals surface area contributed by atoms with Gasteiger partial charge in [-0.1, -0.05) is 28.4 Å². The fourth-order valence-corrected chi connectivity index (χ4v) is 2.94. The van der Waals surface area contributed by atoms with Crippen molar-refractivity contribution in [1.29, 1.82) is 0 Å². The van der Waals surface area contributed by atoms with Gasteiger partial charge in [-0.05, 0) is 37.0 Å². The number of nitrogens with two attached hydrogens (primary N) is 1. The number of halogens is 2. The fourth-order valence-electron chi connectivity index (χ4n) is 2.47. The van der Waals surface area contributed by atoms with Crippen molar-refractivity contribution in [1.82, 2.24) is 10.1 Å². The zero-order valence-corrected chi connectivity index (χ0v) is 13.9. The molecule has 1 aromatic carbocycles. The molecule has 0 unspecified atom stereocenters. The van der Waals surface area contributed by atoms with Gasteiger partial charge in [-0.2, -0.15) is 4.98 Å². The number of benzene rings is 1. The molecule has 2 aromatic rings. The normalized spacial score (nSPS) is 17.2. The molecule has 23 heavy (non-hydrogen) atoms. The zero-order valence-electron chi connectivity index (χ0n) is 12.4. The molecule has 0 radical (unpaired) electrons. The minimum Gasteiger partial charge on any atom is -0.484 e. The monoisotopic (exact) mass is 357 g/mol. The van der Waals surface area contributed by atoms with Crippen molar-refractivity contribution >= 4 is 23.2 Å². The number of aromatic nitrogens is 2. The van der Waals surface area contributed by atoms with E-state index < -0.39 is 0 Å². The van der Waals surface area contributed by atoms with Gasteiger partial charge in [0.25, 0.3) is 0 Å². The van der Waals surface area contributed by atoms with E-state index >= 15 is 0 Å². The third-order valence-electron chi connectivity index (χ3n) is 3.79. The van der Waals surface area contributed by atoms with Crippen LogP contribution >= 0.6 is 23.2 Å². The van der Waals surface area contributed by atoms with Crippen LogP contribution in [-0.2, 0) is 11.3 Å². The van der Waals surface area contributed by atoms with Gasteiger partial charge in [-0.3, -0.25) is 0 Å². The lowest BCUT2D eigenvalue weighted by Gasteiger charge is -2.25. The van der Waals surface area contributed by atoms with Crippen molar-refractivity contribution in [3.63, 3.8) is 0 Å². The Morgan fingerprint density at radius 3 is 2.83 bits per heavy atom. The van der Waals surface area contributed by atoms with E-state index in [9.17, 15) is 0 Å². The van der Waals surface area contributed by atoms with Gasteiger partial charge >= 0.3 is 0 Å². The number of rotatable bonds is 5. The molecular weight excluding hydrogens is 341 g/mol. The maximum Gasteiger partial charge on any atom is 0.243 e. The van der Waals surface area contributed by atoms with Gasteiger partial charge in [0, 0.05) is 18.2 Å². The predicted octanol–water partition coefficient (Wildman–Crippen LogP) is 3.38. The molecule has 8 heteroatoms. The molecule has 0 spiro atoms. The lowest BCUT2D eigenvalue weighted by Crippen LogP contribution is -2.27. The van der Waals surface area contributed by atoms with Crippen LogP contribution in [0.4, 0.5) is 0 Å². The lowest BCUT2D eigenvalue weighted by molar-refractivity contribution is 0.0546. The molecule has 3 rings (SSSR count). The second-order valence-electron chi connectivity index (χ2n) is 5.39. The van der Waals surface area contributed by atoms with Crippen LogP contribution in [-0.4, -0.2) is 23.4 Å². The quantitative estimate of drug-likeness (QED) is 0.882. The second kappa shape index (κ2) is 7.49. The summed E-state index contributed by atoms with van der Waals surface area (Å²) in [6, 6.07) is 4.73. The maximum atomic E-state index is 6.20. The van der Waals surface area contributed by atoms with Crippen LogP contribution in [0.1, 0.15) is 30.6 Å². The summed E-state index contributed by atoms with van der Waals surface area (Å²) >= 11 is 11.9. The summed E-state index contributed by atoms with van der Waals surface area (Å²) in [4.78, 5) is 4.31. The summed E-state index contributed by atoms with van der Waals surface area (Å²) in [6.45, 7) is 1.58. The standard InChI is InChI=1S/C15H17Cl2N3O3/c16-10-1-2-12(11(17)7-10)22-8-13-19-15(23-20-13)14(18)9-3-5-21-6-4-9/h1-2,7,9,14H,3-6,8,18H2/t14-/m1/s1. The Hall–Kier alpha value is -1.34. The highest BCUT2D eigenvalue weighted by Gasteiger charge is 2.26. The van der Waals surface area contributed by atoms with Gasteiger partial charge < -0.3 is 19.7 Å². The molecule has 1 atom stereocenters. The van der Waals surface area contributed by atoms with E-state index in [0.717, 1.165) is 26.1 Å². The first-order chi connectivity index (χ1) is 11.1. The van der Waals surface area contributed by atoms with E-state index in [4.69, 9.17) is 42.9 Å². The van der Waals surface area contributed by atoms with Gasteiger partial charge in [0.15, 0.2) is 6.61 Å². The Balaban J connectivity index is 1.60. The summed E-state index contributed by atoms with van der Waals surface area (Å²) in [7, 11) is 0.